The van der Waals surface area contributed by atoms with E-state index in [9.17, 15) is 18.0 Å². The van der Waals surface area contributed by atoms with Crippen molar-refractivity contribution in [3.05, 3.63) is 102 Å². The number of carbonyl (C=O) groups excluding carboxylic acids is 2. The smallest absolute Gasteiger partial charge is 0.329 e. The number of carbonyl (C=O) groups is 2. The number of nitrogens with zero attached hydrogens (tertiary/aromatic N) is 2. The number of allylic oxidation sites excluding steroid dienone is 1. The van der Waals surface area contributed by atoms with Gasteiger partial charge in [0.1, 0.15) is 18.9 Å². The molecule has 0 saturated carbocycles. The first kappa shape index (κ1) is 27.3. The summed E-state index contributed by atoms with van der Waals surface area (Å²) in [6.07, 6.45) is 3.14. The van der Waals surface area contributed by atoms with Gasteiger partial charge in [0.05, 0.1) is 5.69 Å². The standard InChI is InChI=1S/C29H32N2O5SSi/c1-38(2,3)19-18-30-29(33)21-31(37(30,34)35)26-16-14-23(15-17-27(32)25-12-8-5-9-13-25)20-28(26)36-22-24-10-6-4-7-11-24/h4-17,20H,18-19,21-22H2,1-3H3/b17-15+. The average molecular weight is 549 g/mol. The topological polar surface area (TPSA) is 84.0 Å². The molecule has 0 spiro atoms. The third kappa shape index (κ3) is 6.59. The van der Waals surface area contributed by atoms with Gasteiger partial charge < -0.3 is 4.74 Å². The molecule has 1 aliphatic rings. The Morgan fingerprint density at radius 2 is 1.63 bits per heavy atom. The maximum atomic E-state index is 13.4. The van der Waals surface area contributed by atoms with E-state index in [4.69, 9.17) is 4.74 Å². The van der Waals surface area contributed by atoms with Crippen LogP contribution in [0.15, 0.2) is 84.9 Å². The number of hydrogen-bond donors (Lipinski definition) is 0. The predicted octanol–water partition coefficient (Wildman–Crippen LogP) is 5.39. The molecule has 198 valence electrons. The lowest BCUT2D eigenvalue weighted by Crippen LogP contribution is -2.37. The Kier molecular flexibility index (Phi) is 8.18. The summed E-state index contributed by atoms with van der Waals surface area (Å²) in [7, 11) is -5.61. The molecule has 0 aliphatic carbocycles. The van der Waals surface area contributed by atoms with Gasteiger partial charge in [-0.15, -0.1) is 0 Å². The lowest BCUT2D eigenvalue weighted by molar-refractivity contribution is -0.123. The number of hydrogen-bond acceptors (Lipinski definition) is 5. The third-order valence-corrected chi connectivity index (χ3v) is 9.70. The molecule has 0 aromatic heterocycles. The molecule has 0 N–H and O–H groups in total. The van der Waals surface area contributed by atoms with Crippen LogP contribution >= 0.6 is 0 Å². The first-order valence-electron chi connectivity index (χ1n) is 12.5. The second-order valence-electron chi connectivity index (χ2n) is 10.4. The van der Waals surface area contributed by atoms with Crippen LogP contribution in [0.3, 0.4) is 0 Å². The second-order valence-corrected chi connectivity index (χ2v) is 17.8. The summed E-state index contributed by atoms with van der Waals surface area (Å²) in [5, 5.41) is 0. The molecule has 1 heterocycles. The van der Waals surface area contributed by atoms with Gasteiger partial charge in [-0.05, 0) is 35.4 Å². The molecular weight excluding hydrogens is 516 g/mol. The van der Waals surface area contributed by atoms with Crippen molar-refractivity contribution in [3.63, 3.8) is 0 Å². The molecule has 0 unspecified atom stereocenters. The Morgan fingerprint density at radius 1 is 0.974 bits per heavy atom. The third-order valence-electron chi connectivity index (χ3n) is 6.15. The maximum Gasteiger partial charge on any atom is 0.329 e. The van der Waals surface area contributed by atoms with Gasteiger partial charge in [-0.25, -0.2) is 8.61 Å². The average Bonchev–Trinajstić information content (AvgIpc) is 3.12. The lowest BCUT2D eigenvalue weighted by atomic mass is 10.1. The van der Waals surface area contributed by atoms with Gasteiger partial charge in [-0.2, -0.15) is 8.42 Å². The molecular formula is C29H32N2O5SSi. The van der Waals surface area contributed by atoms with E-state index in [1.54, 1.807) is 48.5 Å². The SMILES string of the molecule is C[Si](C)(C)CCN1C(=O)CN(c2ccc(/C=C/C(=O)c3ccccc3)cc2OCc2ccccc2)S1(=O)=O. The van der Waals surface area contributed by atoms with Gasteiger partial charge in [0.25, 0.3) is 5.91 Å². The molecule has 3 aromatic rings. The number of ether oxygens (including phenoxy) is 1. The minimum Gasteiger partial charge on any atom is -0.487 e. The normalized spacial score (nSPS) is 15.3. The fraction of sp³-hybridized carbons (Fsp3) is 0.241. The highest BCUT2D eigenvalue weighted by molar-refractivity contribution is 7.91. The molecule has 3 aromatic carbocycles. The summed E-state index contributed by atoms with van der Waals surface area (Å²) in [5.41, 5.74) is 2.44. The predicted molar refractivity (Wildman–Crippen MR) is 153 cm³/mol. The Labute approximate surface area is 225 Å². The number of benzene rings is 3. The molecule has 9 heteroatoms. The van der Waals surface area contributed by atoms with Gasteiger partial charge in [-0.1, -0.05) is 92.4 Å². The number of rotatable bonds is 10. The number of amides is 1. The van der Waals surface area contributed by atoms with Gasteiger partial charge in [-0.3, -0.25) is 9.59 Å². The minimum absolute atomic E-state index is 0.146. The zero-order valence-corrected chi connectivity index (χ0v) is 23.6. The van der Waals surface area contributed by atoms with E-state index >= 15 is 0 Å². The molecule has 1 aliphatic heterocycles. The summed E-state index contributed by atoms with van der Waals surface area (Å²) in [5.74, 6) is -0.284. The monoisotopic (exact) mass is 548 g/mol. The quantitative estimate of drug-likeness (QED) is 0.193. The Bertz CT molecular complexity index is 1430. The summed E-state index contributed by atoms with van der Waals surface area (Å²) in [4.78, 5) is 25.3. The molecule has 4 rings (SSSR count). The van der Waals surface area contributed by atoms with E-state index in [1.807, 2.05) is 36.4 Å². The van der Waals surface area contributed by atoms with Crippen LogP contribution in [0.4, 0.5) is 5.69 Å². The van der Waals surface area contributed by atoms with Crippen molar-refractivity contribution in [2.24, 2.45) is 0 Å². The number of ketones is 1. The van der Waals surface area contributed by atoms with Crippen molar-refractivity contribution >= 4 is 41.7 Å². The molecule has 1 fully saturated rings. The summed E-state index contributed by atoms with van der Waals surface area (Å²) in [6, 6.07) is 24.2. The van der Waals surface area contributed by atoms with Crippen LogP contribution in [0, 0.1) is 0 Å². The first-order valence-corrected chi connectivity index (χ1v) is 17.6. The van der Waals surface area contributed by atoms with E-state index in [2.05, 4.69) is 19.6 Å². The van der Waals surface area contributed by atoms with Crippen molar-refractivity contribution in [1.29, 1.82) is 0 Å². The van der Waals surface area contributed by atoms with E-state index in [-0.39, 0.29) is 31.2 Å². The molecule has 0 atom stereocenters. The molecule has 1 amide bonds. The number of anilines is 1. The first-order chi connectivity index (χ1) is 18.0. The van der Waals surface area contributed by atoms with Crippen LogP contribution in [0.5, 0.6) is 5.75 Å². The van der Waals surface area contributed by atoms with E-state index in [0.29, 0.717) is 22.9 Å². The van der Waals surface area contributed by atoms with E-state index in [0.717, 1.165) is 14.2 Å². The zero-order valence-electron chi connectivity index (χ0n) is 21.8. The summed E-state index contributed by atoms with van der Waals surface area (Å²) < 4.78 is 35.1. The van der Waals surface area contributed by atoms with Crippen molar-refractivity contribution < 1.29 is 22.7 Å². The largest absolute Gasteiger partial charge is 0.487 e. The van der Waals surface area contributed by atoms with Gasteiger partial charge in [0.15, 0.2) is 5.78 Å². The van der Waals surface area contributed by atoms with Crippen LogP contribution in [-0.2, 0) is 21.6 Å². The highest BCUT2D eigenvalue weighted by Crippen LogP contribution is 2.36. The van der Waals surface area contributed by atoms with Crippen LogP contribution in [0.25, 0.3) is 6.08 Å². The second kappa shape index (κ2) is 11.4. The van der Waals surface area contributed by atoms with Crippen LogP contribution in [0.2, 0.25) is 25.7 Å². The Balaban J connectivity index is 1.64. The highest BCUT2D eigenvalue weighted by atomic mass is 32.2. The van der Waals surface area contributed by atoms with Crippen molar-refractivity contribution in [3.8, 4) is 5.75 Å². The van der Waals surface area contributed by atoms with Crippen LogP contribution in [-0.4, -0.2) is 45.6 Å². The Morgan fingerprint density at radius 3 is 2.29 bits per heavy atom. The fourth-order valence-electron chi connectivity index (χ4n) is 3.98. The molecule has 0 bridgehead atoms. The van der Waals surface area contributed by atoms with Crippen LogP contribution < -0.4 is 9.04 Å². The van der Waals surface area contributed by atoms with Gasteiger partial charge in [0, 0.05) is 20.2 Å². The van der Waals surface area contributed by atoms with Crippen LogP contribution in [0.1, 0.15) is 21.5 Å². The molecule has 1 saturated heterocycles. The summed E-state index contributed by atoms with van der Waals surface area (Å²) in [6.45, 7) is 6.53. The van der Waals surface area contributed by atoms with Gasteiger partial charge >= 0.3 is 10.2 Å². The Hall–Kier alpha value is -3.69. The molecule has 38 heavy (non-hydrogen) atoms. The van der Waals surface area contributed by atoms with E-state index < -0.39 is 24.2 Å². The molecule has 7 nitrogen and oxygen atoms in total. The van der Waals surface area contributed by atoms with E-state index in [1.165, 1.54) is 6.08 Å². The summed E-state index contributed by atoms with van der Waals surface area (Å²) >= 11 is 0. The fourth-order valence-corrected chi connectivity index (χ4v) is 6.58. The van der Waals surface area contributed by atoms with Crippen molar-refractivity contribution in [2.75, 3.05) is 17.4 Å². The van der Waals surface area contributed by atoms with Gasteiger partial charge in [0.2, 0.25) is 0 Å². The lowest BCUT2D eigenvalue weighted by Gasteiger charge is -2.24. The maximum absolute atomic E-state index is 13.4. The highest BCUT2D eigenvalue weighted by Gasteiger charge is 2.43. The molecule has 0 radical (unpaired) electrons. The zero-order chi connectivity index (χ0) is 27.3. The van der Waals surface area contributed by atoms with Crippen molar-refractivity contribution in [1.82, 2.24) is 4.31 Å². The van der Waals surface area contributed by atoms with Crippen molar-refractivity contribution in [2.45, 2.75) is 32.3 Å². The minimum atomic E-state index is -4.05.